The van der Waals surface area contributed by atoms with Gasteiger partial charge >= 0.3 is 6.09 Å². The second kappa shape index (κ2) is 17.2. The Labute approximate surface area is 317 Å². The summed E-state index contributed by atoms with van der Waals surface area (Å²) in [6, 6.07) is 8.49. The predicted molar refractivity (Wildman–Crippen MR) is 202 cm³/mol. The van der Waals surface area contributed by atoms with Gasteiger partial charge in [0.1, 0.15) is 11.3 Å². The Balaban J connectivity index is 1.31. The second-order valence-electron chi connectivity index (χ2n) is 16.9. The number of aliphatic hydroxyl groups is 1. The SMILES string of the molecule is C=C1C[C@H](CCCO)O[C@H]1CC[C@H]1C[C@@H](C)C(=C)[C@@H](C[C@@H]2O[C@H](C[C@H]3CN(C(=O)OC(C)(C)C)C(C)(C)O3)[C@H](OC)[C@H]2CS(=O)(=O)c2ccccc2)O1. The molecular formula is C41H63NO10S. The second-order valence-corrected chi connectivity index (χ2v) is 19.0. The Hall–Kier alpha value is -2.32. The summed E-state index contributed by atoms with van der Waals surface area (Å²) in [5, 5.41) is 9.24. The van der Waals surface area contributed by atoms with Crippen LogP contribution in [0.4, 0.5) is 4.79 Å². The molecule has 0 radical (unpaired) electrons. The van der Waals surface area contributed by atoms with E-state index in [1.54, 1.807) is 42.3 Å². The molecule has 11 nitrogen and oxygen atoms in total. The molecule has 0 aromatic heterocycles. The standard InChI is InChI=1S/C41H63NO10S/c1-26-20-30(17-18-34-27(2)21-29(48-34)14-13-19-43)49-35(28(26)3)23-36-33(25-53(45,46)32-15-11-10-12-16-32)38(47-9)37(50-36)22-31-24-42(41(7,8)51-31)39(44)52-40(4,5)6/h10-12,15-16,26,29-31,33-38,43H,2-3,13-14,17-25H2,1,4-9H3/t26-,29+,30+,31+,33+,34+,35-,36+,37-,38-/m1/s1. The van der Waals surface area contributed by atoms with Crippen LogP contribution in [0.25, 0.3) is 0 Å². The first-order chi connectivity index (χ1) is 24.9. The van der Waals surface area contributed by atoms with Crippen molar-refractivity contribution in [1.29, 1.82) is 0 Å². The Kier molecular flexibility index (Phi) is 13.6. The van der Waals surface area contributed by atoms with Crippen LogP contribution in [0.1, 0.15) is 92.9 Å². The Bertz CT molecular complexity index is 1520. The van der Waals surface area contributed by atoms with E-state index in [1.165, 1.54) is 0 Å². The number of sulfone groups is 1. The topological polar surface area (TPSA) is 130 Å². The van der Waals surface area contributed by atoms with Gasteiger partial charge in [-0.3, -0.25) is 4.90 Å². The monoisotopic (exact) mass is 761 g/mol. The Morgan fingerprint density at radius 1 is 0.981 bits per heavy atom. The third kappa shape index (κ3) is 10.5. The van der Waals surface area contributed by atoms with Gasteiger partial charge in [0, 0.05) is 32.5 Å². The van der Waals surface area contributed by atoms with Gasteiger partial charge in [0.15, 0.2) is 9.84 Å². The molecule has 0 bridgehead atoms. The molecule has 4 saturated heterocycles. The zero-order valence-corrected chi connectivity index (χ0v) is 33.6. The minimum Gasteiger partial charge on any atom is -0.444 e. The third-order valence-electron chi connectivity index (χ3n) is 11.2. The van der Waals surface area contributed by atoms with Crippen LogP contribution in [0.15, 0.2) is 59.5 Å². The summed E-state index contributed by atoms with van der Waals surface area (Å²) < 4.78 is 65.7. The highest BCUT2D eigenvalue weighted by Gasteiger charge is 2.51. The van der Waals surface area contributed by atoms with Crippen LogP contribution in [0.3, 0.4) is 0 Å². The molecular weight excluding hydrogens is 699 g/mol. The largest absolute Gasteiger partial charge is 0.444 e. The number of benzene rings is 1. The molecule has 1 amide bonds. The van der Waals surface area contributed by atoms with Crippen molar-refractivity contribution in [3.8, 4) is 0 Å². The van der Waals surface area contributed by atoms with Gasteiger partial charge in [-0.15, -0.1) is 0 Å². The molecule has 53 heavy (non-hydrogen) atoms. The summed E-state index contributed by atoms with van der Waals surface area (Å²) in [5.41, 5.74) is 0.515. The lowest BCUT2D eigenvalue weighted by Gasteiger charge is -2.38. The minimum absolute atomic E-state index is 0.0239. The molecule has 5 rings (SSSR count). The van der Waals surface area contributed by atoms with Crippen molar-refractivity contribution in [2.75, 3.05) is 26.0 Å². The first-order valence-electron chi connectivity index (χ1n) is 19.3. The fraction of sp³-hybridized carbons (Fsp3) is 0.732. The first-order valence-corrected chi connectivity index (χ1v) is 21.0. The first kappa shape index (κ1) is 41.8. The summed E-state index contributed by atoms with van der Waals surface area (Å²) >= 11 is 0. The maximum absolute atomic E-state index is 13.9. The van der Waals surface area contributed by atoms with Crippen molar-refractivity contribution in [2.45, 2.75) is 158 Å². The minimum atomic E-state index is -3.70. The molecule has 4 fully saturated rings. The molecule has 0 unspecified atom stereocenters. The van der Waals surface area contributed by atoms with Gasteiger partial charge in [0.2, 0.25) is 0 Å². The summed E-state index contributed by atoms with van der Waals surface area (Å²) in [6.07, 6.45) is 2.98. The van der Waals surface area contributed by atoms with Gasteiger partial charge in [-0.1, -0.05) is 38.3 Å². The van der Waals surface area contributed by atoms with E-state index < -0.39 is 51.5 Å². The Morgan fingerprint density at radius 3 is 2.34 bits per heavy atom. The van der Waals surface area contributed by atoms with Crippen LogP contribution in [0.2, 0.25) is 0 Å². The highest BCUT2D eigenvalue weighted by atomic mass is 32.2. The van der Waals surface area contributed by atoms with Gasteiger partial charge in [0.25, 0.3) is 0 Å². The van der Waals surface area contributed by atoms with E-state index >= 15 is 0 Å². The van der Waals surface area contributed by atoms with Crippen molar-refractivity contribution >= 4 is 15.9 Å². The summed E-state index contributed by atoms with van der Waals surface area (Å²) in [6.45, 7) is 20.5. The van der Waals surface area contributed by atoms with E-state index in [4.69, 9.17) is 28.4 Å². The van der Waals surface area contributed by atoms with Gasteiger partial charge in [0.05, 0.1) is 66.0 Å². The van der Waals surface area contributed by atoms with Crippen LogP contribution < -0.4 is 0 Å². The van der Waals surface area contributed by atoms with E-state index in [0.29, 0.717) is 19.4 Å². The number of hydrogen-bond donors (Lipinski definition) is 1. The van der Waals surface area contributed by atoms with Crippen LogP contribution in [-0.4, -0.2) is 111 Å². The smallest absolute Gasteiger partial charge is 0.412 e. The zero-order chi connectivity index (χ0) is 38.7. The number of hydrogen-bond acceptors (Lipinski definition) is 10. The van der Waals surface area contributed by atoms with Crippen molar-refractivity contribution in [1.82, 2.24) is 4.90 Å². The average Bonchev–Trinajstić information content (AvgIpc) is 3.70. The van der Waals surface area contributed by atoms with E-state index in [9.17, 15) is 18.3 Å². The normalized spacial score (nSPS) is 33.5. The molecule has 1 aromatic carbocycles. The summed E-state index contributed by atoms with van der Waals surface area (Å²) in [4.78, 5) is 15.0. The van der Waals surface area contributed by atoms with Crippen molar-refractivity contribution in [3.05, 3.63) is 54.6 Å². The van der Waals surface area contributed by atoms with E-state index in [1.807, 2.05) is 34.6 Å². The number of carbonyl (C=O) groups is 1. The van der Waals surface area contributed by atoms with Crippen LogP contribution >= 0.6 is 0 Å². The van der Waals surface area contributed by atoms with Gasteiger partial charge in [-0.25, -0.2) is 13.2 Å². The van der Waals surface area contributed by atoms with E-state index in [2.05, 4.69) is 20.1 Å². The van der Waals surface area contributed by atoms with Crippen LogP contribution in [0, 0.1) is 11.8 Å². The maximum Gasteiger partial charge on any atom is 0.412 e. The van der Waals surface area contributed by atoms with Gasteiger partial charge in [-0.05, 0) is 102 Å². The predicted octanol–water partition coefficient (Wildman–Crippen LogP) is 6.63. The molecule has 0 saturated carbocycles. The molecule has 1 aromatic rings. The molecule has 298 valence electrons. The molecule has 4 aliphatic heterocycles. The lowest BCUT2D eigenvalue weighted by Crippen LogP contribution is -2.46. The van der Waals surface area contributed by atoms with Crippen LogP contribution in [-0.2, 0) is 38.3 Å². The van der Waals surface area contributed by atoms with Crippen molar-refractivity contribution < 1.29 is 46.7 Å². The summed E-state index contributed by atoms with van der Waals surface area (Å²) in [5.74, 6) is -0.447. The lowest BCUT2D eigenvalue weighted by molar-refractivity contribution is -0.0992. The van der Waals surface area contributed by atoms with Gasteiger partial charge < -0.3 is 33.5 Å². The number of aliphatic hydroxyl groups excluding tert-OH is 1. The number of rotatable bonds is 14. The van der Waals surface area contributed by atoms with Crippen molar-refractivity contribution in [2.24, 2.45) is 11.8 Å². The molecule has 1 N–H and O–H groups in total. The lowest BCUT2D eigenvalue weighted by atomic mass is 9.83. The van der Waals surface area contributed by atoms with Gasteiger partial charge in [-0.2, -0.15) is 0 Å². The fourth-order valence-corrected chi connectivity index (χ4v) is 10.2. The summed E-state index contributed by atoms with van der Waals surface area (Å²) in [7, 11) is -2.10. The molecule has 10 atom stereocenters. The highest BCUT2D eigenvalue weighted by Crippen LogP contribution is 2.42. The zero-order valence-electron chi connectivity index (χ0n) is 32.8. The number of methoxy groups -OCH3 is 1. The van der Waals surface area contributed by atoms with Crippen LogP contribution in [0.5, 0.6) is 0 Å². The third-order valence-corrected chi connectivity index (χ3v) is 13.0. The number of carbonyl (C=O) groups excluding carboxylic acids is 1. The molecule has 4 aliphatic rings. The number of nitrogens with zero attached hydrogens (tertiary/aromatic N) is 1. The number of amides is 1. The molecule has 0 spiro atoms. The van der Waals surface area contributed by atoms with Crippen molar-refractivity contribution in [3.63, 3.8) is 0 Å². The van der Waals surface area contributed by atoms with E-state index in [-0.39, 0.29) is 53.7 Å². The van der Waals surface area contributed by atoms with E-state index in [0.717, 1.165) is 49.7 Å². The highest BCUT2D eigenvalue weighted by molar-refractivity contribution is 7.91. The Morgan fingerprint density at radius 2 is 1.68 bits per heavy atom. The molecule has 4 heterocycles. The quantitative estimate of drug-likeness (QED) is 0.206. The number of ether oxygens (including phenoxy) is 6. The molecule has 12 heteroatoms. The fourth-order valence-electron chi connectivity index (χ4n) is 8.48. The maximum atomic E-state index is 13.9. The molecule has 0 aliphatic carbocycles. The average molecular weight is 762 g/mol.